The average molecular weight is 233 g/mol. The largest absolute Gasteiger partial charge is 0.398 e. The summed E-state index contributed by atoms with van der Waals surface area (Å²) in [6, 6.07) is 5.87. The topological polar surface area (TPSA) is 51.8 Å². The Balaban J connectivity index is 2.37. The van der Waals surface area contributed by atoms with Gasteiger partial charge in [-0.25, -0.2) is 4.98 Å². The van der Waals surface area contributed by atoms with Crippen LogP contribution in [-0.4, -0.2) is 9.36 Å². The van der Waals surface area contributed by atoms with Crippen molar-refractivity contribution < 1.29 is 0 Å². The number of benzene rings is 1. The highest BCUT2D eigenvalue weighted by molar-refractivity contribution is 7.15. The fourth-order valence-electron chi connectivity index (χ4n) is 1.50. The molecule has 2 aromatic heterocycles. The van der Waals surface area contributed by atoms with Crippen LogP contribution in [0, 0.1) is 0 Å². The third-order valence-corrected chi connectivity index (χ3v) is 3.76. The summed E-state index contributed by atoms with van der Waals surface area (Å²) in [6.45, 7) is 0. The van der Waals surface area contributed by atoms with Crippen LogP contribution in [0.1, 0.15) is 0 Å². The number of hydrogen-bond acceptors (Lipinski definition) is 5. The lowest BCUT2D eigenvalue weighted by molar-refractivity contribution is 1.39. The van der Waals surface area contributed by atoms with E-state index in [1.165, 1.54) is 11.5 Å². The number of aromatic nitrogens is 2. The molecule has 2 N–H and O–H groups in total. The molecule has 15 heavy (non-hydrogen) atoms. The monoisotopic (exact) mass is 233 g/mol. The van der Waals surface area contributed by atoms with Crippen LogP contribution < -0.4 is 5.73 Å². The molecule has 3 aromatic rings. The highest BCUT2D eigenvalue weighted by Crippen LogP contribution is 2.35. The summed E-state index contributed by atoms with van der Waals surface area (Å²) in [5.41, 5.74) is 7.63. The molecule has 0 spiro atoms. The first-order valence-electron chi connectivity index (χ1n) is 4.40. The molecule has 1 aromatic carbocycles. The Morgan fingerprint density at radius 2 is 2.20 bits per heavy atom. The standard InChI is InChI=1S/C10H7N3S2/c11-6-2-1-3-7-8(6)9(13-15-7)10-12-4-5-14-10/h1-5H,11H2. The zero-order valence-corrected chi connectivity index (χ0v) is 9.31. The second-order valence-corrected chi connectivity index (χ2v) is 4.79. The minimum atomic E-state index is 0.770. The van der Waals surface area contributed by atoms with Crippen LogP contribution in [0.2, 0.25) is 0 Å². The molecule has 0 amide bonds. The molecule has 3 rings (SSSR count). The van der Waals surface area contributed by atoms with Crippen LogP contribution >= 0.6 is 22.9 Å². The van der Waals surface area contributed by atoms with E-state index < -0.39 is 0 Å². The van der Waals surface area contributed by atoms with Crippen LogP contribution in [0.4, 0.5) is 5.69 Å². The first-order chi connectivity index (χ1) is 7.36. The second kappa shape index (κ2) is 3.29. The maximum Gasteiger partial charge on any atom is 0.143 e. The van der Waals surface area contributed by atoms with Gasteiger partial charge in [-0.1, -0.05) is 6.07 Å². The summed E-state index contributed by atoms with van der Waals surface area (Å²) in [7, 11) is 0. The molecule has 0 fully saturated rings. The number of nitrogens with two attached hydrogens (primary N) is 1. The first kappa shape index (κ1) is 8.82. The molecule has 0 aliphatic carbocycles. The highest BCUT2D eigenvalue weighted by Gasteiger charge is 2.12. The fourth-order valence-corrected chi connectivity index (χ4v) is 3.01. The van der Waals surface area contributed by atoms with Crippen LogP contribution in [0.25, 0.3) is 20.8 Å². The number of fused-ring (bicyclic) bond motifs is 1. The SMILES string of the molecule is Nc1cccc2snc(-c3nccs3)c12. The Kier molecular flexibility index (Phi) is 1.93. The van der Waals surface area contributed by atoms with Gasteiger partial charge in [0, 0.05) is 22.7 Å². The molecule has 0 bridgehead atoms. The molecule has 74 valence electrons. The van der Waals surface area contributed by atoms with Gasteiger partial charge in [-0.05, 0) is 23.7 Å². The maximum absolute atomic E-state index is 5.95. The van der Waals surface area contributed by atoms with Crippen LogP contribution in [0.3, 0.4) is 0 Å². The first-order valence-corrected chi connectivity index (χ1v) is 6.05. The molecular weight excluding hydrogens is 226 g/mol. The fraction of sp³-hybridized carbons (Fsp3) is 0. The van der Waals surface area contributed by atoms with Crippen molar-refractivity contribution in [2.24, 2.45) is 0 Å². The van der Waals surface area contributed by atoms with E-state index in [9.17, 15) is 0 Å². The Bertz CT molecular complexity index is 598. The second-order valence-electron chi connectivity index (χ2n) is 3.09. The average Bonchev–Trinajstić information content (AvgIpc) is 2.85. The summed E-state index contributed by atoms with van der Waals surface area (Å²) < 4.78 is 5.52. The van der Waals surface area contributed by atoms with Crippen molar-refractivity contribution in [2.75, 3.05) is 5.73 Å². The zero-order valence-electron chi connectivity index (χ0n) is 7.68. The van der Waals surface area contributed by atoms with Gasteiger partial charge in [-0.2, -0.15) is 4.37 Å². The van der Waals surface area contributed by atoms with Crippen LogP contribution in [-0.2, 0) is 0 Å². The van der Waals surface area contributed by atoms with Gasteiger partial charge in [0.1, 0.15) is 10.7 Å². The van der Waals surface area contributed by atoms with Gasteiger partial charge in [-0.3, -0.25) is 0 Å². The molecule has 3 nitrogen and oxygen atoms in total. The minimum Gasteiger partial charge on any atom is -0.398 e. The van der Waals surface area contributed by atoms with E-state index in [0.29, 0.717) is 0 Å². The molecule has 0 radical (unpaired) electrons. The third kappa shape index (κ3) is 1.32. The van der Waals surface area contributed by atoms with E-state index in [4.69, 9.17) is 5.73 Å². The van der Waals surface area contributed by atoms with Crippen molar-refractivity contribution in [1.29, 1.82) is 0 Å². The molecule has 0 saturated heterocycles. The predicted octanol–water partition coefficient (Wildman–Crippen LogP) is 3.00. The molecule has 0 atom stereocenters. The van der Waals surface area contributed by atoms with E-state index >= 15 is 0 Å². The van der Waals surface area contributed by atoms with E-state index in [1.54, 1.807) is 17.5 Å². The van der Waals surface area contributed by atoms with E-state index in [0.717, 1.165) is 26.5 Å². The zero-order chi connectivity index (χ0) is 10.3. The van der Waals surface area contributed by atoms with Crippen LogP contribution in [0.5, 0.6) is 0 Å². The molecule has 0 unspecified atom stereocenters. The smallest absolute Gasteiger partial charge is 0.143 e. The summed E-state index contributed by atoms with van der Waals surface area (Å²) in [6.07, 6.45) is 1.78. The molecule has 0 aliphatic heterocycles. The molecule has 0 aliphatic rings. The Labute approximate surface area is 94.4 Å². The van der Waals surface area contributed by atoms with Gasteiger partial charge < -0.3 is 5.73 Å². The number of nitrogens with zero attached hydrogens (tertiary/aromatic N) is 2. The lowest BCUT2D eigenvalue weighted by atomic mass is 10.2. The van der Waals surface area contributed by atoms with Crippen molar-refractivity contribution in [1.82, 2.24) is 9.36 Å². The van der Waals surface area contributed by atoms with Crippen molar-refractivity contribution in [3.05, 3.63) is 29.8 Å². The number of hydrogen-bond donors (Lipinski definition) is 1. The van der Waals surface area contributed by atoms with Gasteiger partial charge in [0.05, 0.1) is 4.70 Å². The van der Waals surface area contributed by atoms with Gasteiger partial charge >= 0.3 is 0 Å². The molecule has 0 saturated carbocycles. The Hall–Kier alpha value is -1.46. The summed E-state index contributed by atoms with van der Waals surface area (Å²) in [5, 5.41) is 3.90. The number of rotatable bonds is 1. The maximum atomic E-state index is 5.95. The summed E-state index contributed by atoms with van der Waals surface area (Å²) >= 11 is 3.04. The number of thiazole rings is 1. The Morgan fingerprint density at radius 3 is 3.00 bits per heavy atom. The number of nitrogen functional groups attached to an aromatic ring is 1. The van der Waals surface area contributed by atoms with Crippen molar-refractivity contribution in [2.45, 2.75) is 0 Å². The molecular formula is C10H7N3S2. The van der Waals surface area contributed by atoms with E-state index in [2.05, 4.69) is 9.36 Å². The highest BCUT2D eigenvalue weighted by atomic mass is 32.1. The van der Waals surface area contributed by atoms with Crippen molar-refractivity contribution >= 4 is 38.6 Å². The number of anilines is 1. The lowest BCUT2D eigenvalue weighted by Gasteiger charge is -1.96. The lowest BCUT2D eigenvalue weighted by Crippen LogP contribution is -1.86. The molecule has 2 heterocycles. The van der Waals surface area contributed by atoms with Gasteiger partial charge in [0.2, 0.25) is 0 Å². The predicted molar refractivity (Wildman–Crippen MR) is 65.1 cm³/mol. The van der Waals surface area contributed by atoms with Gasteiger partial charge in [0.25, 0.3) is 0 Å². The van der Waals surface area contributed by atoms with Crippen LogP contribution in [0.15, 0.2) is 29.8 Å². The molecule has 5 heteroatoms. The minimum absolute atomic E-state index is 0.770. The summed E-state index contributed by atoms with van der Waals surface area (Å²) in [5.74, 6) is 0. The quantitative estimate of drug-likeness (QED) is 0.657. The normalized spacial score (nSPS) is 10.9. The third-order valence-electron chi connectivity index (χ3n) is 2.17. The summed E-state index contributed by atoms with van der Waals surface area (Å²) in [4.78, 5) is 4.26. The van der Waals surface area contributed by atoms with Gasteiger partial charge in [0.15, 0.2) is 0 Å². The van der Waals surface area contributed by atoms with Crippen molar-refractivity contribution in [3.8, 4) is 10.7 Å². The van der Waals surface area contributed by atoms with E-state index in [-0.39, 0.29) is 0 Å². The Morgan fingerprint density at radius 1 is 1.27 bits per heavy atom. The van der Waals surface area contributed by atoms with Crippen molar-refractivity contribution in [3.63, 3.8) is 0 Å². The van der Waals surface area contributed by atoms with E-state index in [1.807, 2.05) is 23.6 Å². The van der Waals surface area contributed by atoms with Gasteiger partial charge in [-0.15, -0.1) is 11.3 Å².